The van der Waals surface area contributed by atoms with Crippen LogP contribution in [0, 0.1) is 0 Å². The van der Waals surface area contributed by atoms with E-state index in [0.717, 1.165) is 19.5 Å². The Morgan fingerprint density at radius 3 is 2.94 bits per heavy atom. The summed E-state index contributed by atoms with van der Waals surface area (Å²) < 4.78 is 28.3. The molecule has 1 unspecified atom stereocenters. The molecule has 1 heterocycles. The lowest BCUT2D eigenvalue weighted by Gasteiger charge is -2.16. The molecule has 1 fully saturated rings. The topological polar surface area (TPSA) is 24.5 Å². The summed E-state index contributed by atoms with van der Waals surface area (Å²) in [5.41, 5.74) is 0. The summed E-state index contributed by atoms with van der Waals surface area (Å²) in [5, 5.41) is 3.36. The molecule has 0 aromatic carbocycles. The van der Waals surface area contributed by atoms with Crippen LogP contribution in [0.5, 0.6) is 0 Å². The third kappa shape index (κ3) is 6.35. The molecule has 3 nitrogen and oxygen atoms in total. The van der Waals surface area contributed by atoms with Crippen LogP contribution in [0.4, 0.5) is 8.78 Å². The van der Waals surface area contributed by atoms with Gasteiger partial charge in [0.1, 0.15) is 6.61 Å². The molecule has 1 atom stereocenters. The fourth-order valence-electron chi connectivity index (χ4n) is 1.95. The molecule has 0 spiro atoms. The van der Waals surface area contributed by atoms with Gasteiger partial charge in [-0.25, -0.2) is 8.78 Å². The van der Waals surface area contributed by atoms with Crippen LogP contribution < -0.4 is 5.32 Å². The number of rotatable bonds is 6. The lowest BCUT2D eigenvalue weighted by atomic mass is 10.1. The molecule has 0 aliphatic carbocycles. The smallest absolute Gasteiger partial charge is 0.261 e. The van der Waals surface area contributed by atoms with Crippen molar-refractivity contribution in [2.24, 2.45) is 0 Å². The summed E-state index contributed by atoms with van der Waals surface area (Å²) in [5.74, 6) is 0. The monoisotopic (exact) mass is 236 g/mol. The fraction of sp³-hybridized carbons (Fsp3) is 1.00. The van der Waals surface area contributed by atoms with Crippen molar-refractivity contribution in [1.29, 1.82) is 0 Å². The second-order valence-corrected chi connectivity index (χ2v) is 4.35. The maximum atomic E-state index is 11.8. The molecule has 0 saturated carbocycles. The number of nitrogens with zero attached hydrogens (tertiary/aromatic N) is 1. The minimum absolute atomic E-state index is 0.372. The third-order valence-corrected chi connectivity index (χ3v) is 2.87. The number of hydrogen-bond donors (Lipinski definition) is 1. The molecule has 96 valence electrons. The third-order valence-electron chi connectivity index (χ3n) is 2.87. The first kappa shape index (κ1) is 13.8. The first-order valence-electron chi connectivity index (χ1n) is 5.96. The molecule has 1 aliphatic heterocycles. The van der Waals surface area contributed by atoms with Gasteiger partial charge in [-0.2, -0.15) is 0 Å². The van der Waals surface area contributed by atoms with Gasteiger partial charge in [0.15, 0.2) is 0 Å². The van der Waals surface area contributed by atoms with E-state index < -0.39 is 13.0 Å². The SMILES string of the molecule is CN1CCCC(NCCOCC(F)F)CC1. The van der Waals surface area contributed by atoms with Crippen molar-refractivity contribution in [2.75, 3.05) is 39.9 Å². The average Bonchev–Trinajstić information content (AvgIpc) is 2.43. The van der Waals surface area contributed by atoms with Crippen molar-refractivity contribution in [3.05, 3.63) is 0 Å². The van der Waals surface area contributed by atoms with Crippen LogP contribution in [0.15, 0.2) is 0 Å². The molecular weight excluding hydrogens is 214 g/mol. The zero-order chi connectivity index (χ0) is 11.8. The Hall–Kier alpha value is -0.260. The summed E-state index contributed by atoms with van der Waals surface area (Å²) in [6.45, 7) is 2.85. The second-order valence-electron chi connectivity index (χ2n) is 4.35. The molecule has 0 aromatic rings. The number of hydrogen-bond acceptors (Lipinski definition) is 3. The van der Waals surface area contributed by atoms with Gasteiger partial charge < -0.3 is 15.0 Å². The molecule has 16 heavy (non-hydrogen) atoms. The molecule has 0 amide bonds. The highest BCUT2D eigenvalue weighted by molar-refractivity contribution is 4.73. The van der Waals surface area contributed by atoms with Gasteiger partial charge in [0.25, 0.3) is 6.43 Å². The summed E-state index contributed by atoms with van der Waals surface area (Å²) in [7, 11) is 2.13. The van der Waals surface area contributed by atoms with Gasteiger partial charge in [0.2, 0.25) is 0 Å². The van der Waals surface area contributed by atoms with E-state index in [4.69, 9.17) is 4.74 Å². The molecule has 5 heteroatoms. The van der Waals surface area contributed by atoms with Gasteiger partial charge in [-0.1, -0.05) is 0 Å². The summed E-state index contributed by atoms with van der Waals surface area (Å²) in [4.78, 5) is 2.33. The van der Waals surface area contributed by atoms with Gasteiger partial charge >= 0.3 is 0 Å². The zero-order valence-electron chi connectivity index (χ0n) is 9.92. The second kappa shape index (κ2) is 7.92. The minimum Gasteiger partial charge on any atom is -0.374 e. The summed E-state index contributed by atoms with van der Waals surface area (Å²) in [6.07, 6.45) is 1.14. The Kier molecular flexibility index (Phi) is 6.84. The highest BCUT2D eigenvalue weighted by Crippen LogP contribution is 2.09. The highest BCUT2D eigenvalue weighted by Gasteiger charge is 2.13. The zero-order valence-corrected chi connectivity index (χ0v) is 9.92. The lowest BCUT2D eigenvalue weighted by Crippen LogP contribution is -2.33. The number of halogens is 2. The van der Waals surface area contributed by atoms with E-state index in [1.54, 1.807) is 0 Å². The standard InChI is InChI=1S/C11H22F2N2O/c1-15-6-2-3-10(4-7-15)14-5-8-16-9-11(12)13/h10-11,14H,2-9H2,1H3. The molecule has 1 aliphatic rings. The van der Waals surface area contributed by atoms with E-state index in [-0.39, 0.29) is 0 Å². The molecule has 0 radical (unpaired) electrons. The quantitative estimate of drug-likeness (QED) is 0.704. The molecule has 0 bridgehead atoms. The van der Waals surface area contributed by atoms with E-state index in [1.165, 1.54) is 12.8 Å². The van der Waals surface area contributed by atoms with Crippen molar-refractivity contribution in [3.8, 4) is 0 Å². The van der Waals surface area contributed by atoms with E-state index in [1.807, 2.05) is 0 Å². The Morgan fingerprint density at radius 1 is 1.38 bits per heavy atom. The maximum absolute atomic E-state index is 11.8. The van der Waals surface area contributed by atoms with E-state index >= 15 is 0 Å². The van der Waals surface area contributed by atoms with Crippen LogP contribution in [-0.4, -0.2) is 57.3 Å². The first-order valence-corrected chi connectivity index (χ1v) is 5.96. The van der Waals surface area contributed by atoms with Crippen LogP contribution in [0.3, 0.4) is 0 Å². The molecule has 0 aromatic heterocycles. The van der Waals surface area contributed by atoms with Crippen LogP contribution in [-0.2, 0) is 4.74 Å². The van der Waals surface area contributed by atoms with Crippen molar-refractivity contribution < 1.29 is 13.5 Å². The van der Waals surface area contributed by atoms with Crippen LogP contribution in [0.2, 0.25) is 0 Å². The van der Waals surface area contributed by atoms with Crippen molar-refractivity contribution in [3.63, 3.8) is 0 Å². The van der Waals surface area contributed by atoms with Gasteiger partial charge in [-0.05, 0) is 39.4 Å². The van der Waals surface area contributed by atoms with E-state index in [2.05, 4.69) is 17.3 Å². The van der Waals surface area contributed by atoms with Gasteiger partial charge in [0.05, 0.1) is 6.61 Å². The van der Waals surface area contributed by atoms with Crippen LogP contribution >= 0.6 is 0 Å². The minimum atomic E-state index is -2.36. The first-order chi connectivity index (χ1) is 7.68. The molecular formula is C11H22F2N2O. The van der Waals surface area contributed by atoms with E-state index in [9.17, 15) is 8.78 Å². The van der Waals surface area contributed by atoms with Gasteiger partial charge in [-0.15, -0.1) is 0 Å². The number of alkyl halides is 2. The average molecular weight is 236 g/mol. The van der Waals surface area contributed by atoms with Crippen LogP contribution in [0.1, 0.15) is 19.3 Å². The maximum Gasteiger partial charge on any atom is 0.261 e. The van der Waals surface area contributed by atoms with Crippen LogP contribution in [0.25, 0.3) is 0 Å². The highest BCUT2D eigenvalue weighted by atomic mass is 19.3. The van der Waals surface area contributed by atoms with Gasteiger partial charge in [-0.3, -0.25) is 0 Å². The molecule has 1 N–H and O–H groups in total. The summed E-state index contributed by atoms with van der Waals surface area (Å²) >= 11 is 0. The van der Waals surface area contributed by atoms with Crippen molar-refractivity contribution in [2.45, 2.75) is 31.7 Å². The fourth-order valence-corrected chi connectivity index (χ4v) is 1.95. The predicted molar refractivity (Wildman–Crippen MR) is 60.0 cm³/mol. The molecule has 1 rings (SSSR count). The Bertz CT molecular complexity index is 181. The lowest BCUT2D eigenvalue weighted by molar-refractivity contribution is 0.0181. The number of likely N-dealkylation sites (tertiary alicyclic amines) is 1. The van der Waals surface area contributed by atoms with E-state index in [0.29, 0.717) is 19.2 Å². The largest absolute Gasteiger partial charge is 0.374 e. The Labute approximate surface area is 96.1 Å². The van der Waals surface area contributed by atoms with Crippen molar-refractivity contribution >= 4 is 0 Å². The van der Waals surface area contributed by atoms with Gasteiger partial charge in [0, 0.05) is 12.6 Å². The number of ether oxygens (including phenoxy) is 1. The number of nitrogens with one attached hydrogen (secondary N) is 1. The summed E-state index contributed by atoms with van der Waals surface area (Å²) in [6, 6.07) is 0.514. The predicted octanol–water partition coefficient (Wildman–Crippen LogP) is 1.34. The normalized spacial score (nSPS) is 23.6. The molecule has 1 saturated heterocycles. The Balaban J connectivity index is 1.99. The van der Waals surface area contributed by atoms with Crippen molar-refractivity contribution in [1.82, 2.24) is 10.2 Å². The Morgan fingerprint density at radius 2 is 2.19 bits per heavy atom.